The molecule has 7 heteroatoms. The number of rotatable bonds is 3. The highest BCUT2D eigenvalue weighted by Crippen LogP contribution is 2.34. The normalized spacial score (nSPS) is 10.9. The molecule has 3 heterocycles. The molecule has 0 aliphatic carbocycles. The first-order valence-electron chi connectivity index (χ1n) is 6.69. The van der Waals surface area contributed by atoms with E-state index >= 15 is 0 Å². The predicted octanol–water partition coefficient (Wildman–Crippen LogP) is 3.79. The Labute approximate surface area is 137 Å². The topological polar surface area (TPSA) is 56.5 Å². The second kappa shape index (κ2) is 6.06. The number of halogens is 1. The van der Waals surface area contributed by atoms with Gasteiger partial charge in [0.15, 0.2) is 5.82 Å². The number of hydrogen-bond donors (Lipinski definition) is 0. The van der Waals surface area contributed by atoms with E-state index in [1.165, 1.54) is 11.8 Å². The Bertz CT molecular complexity index is 813. The van der Waals surface area contributed by atoms with Gasteiger partial charge in [0.25, 0.3) is 0 Å². The molecule has 0 saturated heterocycles. The zero-order chi connectivity index (χ0) is 15.7. The average molecular weight is 332 g/mol. The van der Waals surface area contributed by atoms with Crippen LogP contribution >= 0.6 is 23.4 Å². The molecule has 0 fully saturated rings. The summed E-state index contributed by atoms with van der Waals surface area (Å²) in [7, 11) is 0. The largest absolute Gasteiger partial charge is 0.257 e. The summed E-state index contributed by atoms with van der Waals surface area (Å²) in [6.45, 7) is 5.82. The van der Waals surface area contributed by atoms with E-state index < -0.39 is 0 Å². The lowest BCUT2D eigenvalue weighted by Gasteiger charge is -2.09. The molecule has 3 rings (SSSR count). The molecule has 22 heavy (non-hydrogen) atoms. The van der Waals surface area contributed by atoms with E-state index in [1.807, 2.05) is 32.9 Å². The van der Waals surface area contributed by atoms with E-state index in [4.69, 9.17) is 11.6 Å². The van der Waals surface area contributed by atoms with Crippen molar-refractivity contribution in [1.29, 1.82) is 0 Å². The van der Waals surface area contributed by atoms with Crippen LogP contribution in [0.3, 0.4) is 0 Å². The van der Waals surface area contributed by atoms with E-state index in [1.54, 1.807) is 23.3 Å². The number of nitrogens with zero attached hydrogens (tertiary/aromatic N) is 5. The number of pyridine rings is 1. The van der Waals surface area contributed by atoms with Gasteiger partial charge in [0.05, 0.1) is 22.6 Å². The van der Waals surface area contributed by atoms with Crippen LogP contribution in [-0.2, 0) is 0 Å². The highest BCUT2D eigenvalue weighted by molar-refractivity contribution is 7.99. The molecule has 0 radical (unpaired) electrons. The minimum Gasteiger partial charge on any atom is -0.257 e. The van der Waals surface area contributed by atoms with Crippen LogP contribution in [0.1, 0.15) is 17.1 Å². The molecule has 0 saturated carbocycles. The van der Waals surface area contributed by atoms with Crippen molar-refractivity contribution in [2.24, 2.45) is 0 Å². The Balaban J connectivity index is 1.98. The third-order valence-electron chi connectivity index (χ3n) is 3.02. The second-order valence-electron chi connectivity index (χ2n) is 4.88. The number of aryl methyl sites for hydroxylation is 3. The zero-order valence-corrected chi connectivity index (χ0v) is 14.0. The smallest absolute Gasteiger partial charge is 0.173 e. The first-order valence-corrected chi connectivity index (χ1v) is 7.88. The van der Waals surface area contributed by atoms with Gasteiger partial charge in [-0.2, -0.15) is 5.10 Å². The van der Waals surface area contributed by atoms with Crippen LogP contribution < -0.4 is 0 Å². The van der Waals surface area contributed by atoms with Crippen molar-refractivity contribution in [3.63, 3.8) is 0 Å². The number of aromatic nitrogens is 5. The third kappa shape index (κ3) is 2.98. The fourth-order valence-corrected chi connectivity index (χ4v) is 3.09. The maximum absolute atomic E-state index is 6.51. The van der Waals surface area contributed by atoms with Crippen LogP contribution in [-0.4, -0.2) is 24.7 Å². The van der Waals surface area contributed by atoms with E-state index in [0.29, 0.717) is 10.8 Å². The van der Waals surface area contributed by atoms with E-state index in [0.717, 1.165) is 27.0 Å². The molecule has 0 N–H and O–H groups in total. The van der Waals surface area contributed by atoms with Crippen molar-refractivity contribution < 1.29 is 0 Å². The summed E-state index contributed by atoms with van der Waals surface area (Å²) in [6, 6.07) is 3.85. The van der Waals surface area contributed by atoms with Crippen LogP contribution in [0.2, 0.25) is 5.02 Å². The molecule has 0 atom stereocenters. The van der Waals surface area contributed by atoms with Gasteiger partial charge in [0.2, 0.25) is 0 Å². The average Bonchev–Trinajstić information content (AvgIpc) is 2.82. The quantitative estimate of drug-likeness (QED) is 0.731. The third-order valence-corrected chi connectivity index (χ3v) is 4.48. The number of hydrogen-bond acceptors (Lipinski definition) is 5. The van der Waals surface area contributed by atoms with Gasteiger partial charge >= 0.3 is 0 Å². The minimum atomic E-state index is 0.557. The predicted molar refractivity (Wildman–Crippen MR) is 86.7 cm³/mol. The lowest BCUT2D eigenvalue weighted by atomic mass is 10.4. The monoisotopic (exact) mass is 331 g/mol. The van der Waals surface area contributed by atoms with Crippen LogP contribution in [0.25, 0.3) is 5.82 Å². The maximum atomic E-state index is 6.51. The van der Waals surface area contributed by atoms with Gasteiger partial charge in [0, 0.05) is 23.0 Å². The summed E-state index contributed by atoms with van der Waals surface area (Å²) in [6.07, 6.45) is 5.20. The van der Waals surface area contributed by atoms with E-state index in [2.05, 4.69) is 20.1 Å². The van der Waals surface area contributed by atoms with E-state index in [9.17, 15) is 0 Å². The molecular weight excluding hydrogens is 318 g/mol. The zero-order valence-electron chi connectivity index (χ0n) is 12.4. The highest BCUT2D eigenvalue weighted by Gasteiger charge is 2.14. The molecule has 0 spiro atoms. The fraction of sp³-hybridized carbons (Fsp3) is 0.200. The summed E-state index contributed by atoms with van der Waals surface area (Å²) in [5.74, 6) is 0.623. The van der Waals surface area contributed by atoms with Gasteiger partial charge < -0.3 is 0 Å². The molecule has 0 bridgehead atoms. The molecule has 0 aliphatic heterocycles. The van der Waals surface area contributed by atoms with Crippen molar-refractivity contribution in [3.8, 4) is 5.82 Å². The van der Waals surface area contributed by atoms with Crippen LogP contribution in [0.5, 0.6) is 0 Å². The van der Waals surface area contributed by atoms with Gasteiger partial charge in [-0.15, -0.1) is 0 Å². The molecule has 0 aromatic carbocycles. The molecule has 0 unspecified atom stereocenters. The van der Waals surface area contributed by atoms with Gasteiger partial charge in [-0.25, -0.2) is 14.6 Å². The lowest BCUT2D eigenvalue weighted by molar-refractivity contribution is 0.802. The van der Waals surface area contributed by atoms with Gasteiger partial charge in [-0.3, -0.25) is 4.98 Å². The molecule has 5 nitrogen and oxygen atoms in total. The standard InChI is InChI=1S/C15H14ClN5S/c1-9-6-11(3)21(20-9)15-14(16)12(4-5-17-15)22-13-8-18-10(2)7-19-13/h4-8H,1-3H3. The highest BCUT2D eigenvalue weighted by atomic mass is 35.5. The molecule has 0 aliphatic rings. The summed E-state index contributed by atoms with van der Waals surface area (Å²) < 4.78 is 1.75. The Morgan fingerprint density at radius 2 is 1.86 bits per heavy atom. The minimum absolute atomic E-state index is 0.557. The van der Waals surface area contributed by atoms with E-state index in [-0.39, 0.29) is 0 Å². The van der Waals surface area contributed by atoms with Gasteiger partial charge in [-0.05, 0) is 32.9 Å². The molecular formula is C15H14ClN5S. The summed E-state index contributed by atoms with van der Waals surface area (Å²) in [4.78, 5) is 13.8. The first-order chi connectivity index (χ1) is 10.5. The van der Waals surface area contributed by atoms with Crippen molar-refractivity contribution in [2.75, 3.05) is 0 Å². The molecule has 112 valence electrons. The maximum Gasteiger partial charge on any atom is 0.173 e. The second-order valence-corrected chi connectivity index (χ2v) is 6.32. The molecule has 3 aromatic rings. The van der Waals surface area contributed by atoms with Crippen molar-refractivity contribution in [3.05, 3.63) is 52.8 Å². The van der Waals surface area contributed by atoms with Gasteiger partial charge in [-0.1, -0.05) is 23.4 Å². The SMILES string of the molecule is Cc1cnc(Sc2ccnc(-n3nc(C)cc3C)c2Cl)cn1. The van der Waals surface area contributed by atoms with Crippen LogP contribution in [0, 0.1) is 20.8 Å². The summed E-state index contributed by atoms with van der Waals surface area (Å²) >= 11 is 7.97. The fourth-order valence-electron chi connectivity index (χ4n) is 2.03. The first kappa shape index (κ1) is 15.0. The lowest BCUT2D eigenvalue weighted by Crippen LogP contribution is -2.03. The Morgan fingerprint density at radius 1 is 1.05 bits per heavy atom. The van der Waals surface area contributed by atoms with Crippen molar-refractivity contribution >= 4 is 23.4 Å². The van der Waals surface area contributed by atoms with Crippen LogP contribution in [0.15, 0.2) is 40.6 Å². The molecule has 3 aromatic heterocycles. The molecule has 0 amide bonds. The Morgan fingerprint density at radius 3 is 2.50 bits per heavy atom. The Kier molecular flexibility index (Phi) is 4.13. The van der Waals surface area contributed by atoms with Crippen molar-refractivity contribution in [1.82, 2.24) is 24.7 Å². The summed E-state index contributed by atoms with van der Waals surface area (Å²) in [5, 5.41) is 5.78. The van der Waals surface area contributed by atoms with Crippen molar-refractivity contribution in [2.45, 2.75) is 30.7 Å². The summed E-state index contributed by atoms with van der Waals surface area (Å²) in [5.41, 5.74) is 2.80. The Hall–Kier alpha value is -1.92. The van der Waals surface area contributed by atoms with Crippen LogP contribution in [0.4, 0.5) is 0 Å². The van der Waals surface area contributed by atoms with Gasteiger partial charge in [0.1, 0.15) is 5.03 Å².